The third-order valence-corrected chi connectivity index (χ3v) is 7.43. The average Bonchev–Trinajstić information content (AvgIpc) is 3.53. The Balaban J connectivity index is 1.43. The maximum atomic E-state index is 14.3. The molecule has 9 heteroatoms. The summed E-state index contributed by atoms with van der Waals surface area (Å²) in [4.78, 5) is 0.264. The number of rotatable bonds is 5. The fourth-order valence-corrected chi connectivity index (χ4v) is 5.47. The van der Waals surface area contributed by atoms with E-state index in [9.17, 15) is 12.8 Å². The fourth-order valence-electron chi connectivity index (χ4n) is 3.92. The first-order valence-electron chi connectivity index (χ1n) is 10.4. The number of nitrogens with one attached hydrogen (secondary N) is 1. The van der Waals surface area contributed by atoms with Gasteiger partial charge < -0.3 is 0 Å². The van der Waals surface area contributed by atoms with Gasteiger partial charge in [0, 0.05) is 19.3 Å². The van der Waals surface area contributed by atoms with Gasteiger partial charge in [0.2, 0.25) is 10.0 Å². The summed E-state index contributed by atoms with van der Waals surface area (Å²) >= 11 is 0. The van der Waals surface area contributed by atoms with Crippen LogP contribution in [-0.4, -0.2) is 35.6 Å². The van der Waals surface area contributed by atoms with Crippen LogP contribution in [0.3, 0.4) is 0 Å². The first-order valence-corrected chi connectivity index (χ1v) is 11.8. The molecule has 3 aromatic rings. The molecule has 164 valence electrons. The minimum Gasteiger partial charge on any atom is -0.292 e. The Bertz CT molecular complexity index is 1310. The highest BCUT2D eigenvalue weighted by Gasteiger charge is 2.27. The van der Waals surface area contributed by atoms with Crippen LogP contribution in [0.4, 0.5) is 10.1 Å². The second kappa shape index (κ2) is 8.25. The van der Waals surface area contributed by atoms with Crippen molar-refractivity contribution in [3.63, 3.8) is 0 Å². The number of para-hydroxylation sites is 1. The van der Waals surface area contributed by atoms with Crippen LogP contribution in [0.15, 0.2) is 84.0 Å². The van der Waals surface area contributed by atoms with Crippen LogP contribution in [0.1, 0.15) is 18.5 Å². The lowest BCUT2D eigenvalue weighted by molar-refractivity contribution is 0.477. The van der Waals surface area contributed by atoms with Gasteiger partial charge in [0.15, 0.2) is 0 Å². The molecule has 2 aromatic carbocycles. The highest BCUT2D eigenvalue weighted by atomic mass is 32.2. The van der Waals surface area contributed by atoms with Gasteiger partial charge in [0.1, 0.15) is 11.5 Å². The fraction of sp³-hybridized carbons (Fsp3) is 0.174. The van der Waals surface area contributed by atoms with E-state index in [4.69, 9.17) is 0 Å². The van der Waals surface area contributed by atoms with E-state index in [1.165, 1.54) is 15.1 Å². The van der Waals surface area contributed by atoms with Crippen LogP contribution in [0.2, 0.25) is 0 Å². The smallest absolute Gasteiger partial charge is 0.243 e. The lowest BCUT2D eigenvalue weighted by atomic mass is 10.2. The summed E-state index contributed by atoms with van der Waals surface area (Å²) in [5.41, 5.74) is 5.65. The summed E-state index contributed by atoms with van der Waals surface area (Å²) < 4.78 is 43.3. The minimum atomic E-state index is -3.52. The largest absolute Gasteiger partial charge is 0.292 e. The van der Waals surface area contributed by atoms with E-state index >= 15 is 0 Å². The van der Waals surface area contributed by atoms with Gasteiger partial charge in [-0.15, -0.1) is 0 Å². The number of halogens is 1. The van der Waals surface area contributed by atoms with E-state index in [0.717, 1.165) is 12.8 Å². The molecule has 1 aromatic heterocycles. The predicted molar refractivity (Wildman–Crippen MR) is 121 cm³/mol. The van der Waals surface area contributed by atoms with Crippen LogP contribution < -0.4 is 10.4 Å². The van der Waals surface area contributed by atoms with Crippen molar-refractivity contribution in [3.05, 3.63) is 90.7 Å². The number of aromatic nitrogens is 2. The van der Waals surface area contributed by atoms with Crippen molar-refractivity contribution in [2.75, 3.05) is 18.1 Å². The normalized spacial score (nSPS) is 16.8. The zero-order chi connectivity index (χ0) is 22.1. The number of hydrazine groups is 1. The zero-order valence-corrected chi connectivity index (χ0v) is 18.0. The van der Waals surface area contributed by atoms with E-state index in [-0.39, 0.29) is 10.7 Å². The molecule has 5 rings (SSSR count). The molecule has 1 fully saturated rings. The Kier molecular flexibility index (Phi) is 5.28. The number of nitrogens with zero attached hydrogens (tertiary/aromatic N) is 4. The minimum absolute atomic E-state index is 0.264. The number of hydrogen-bond acceptors (Lipinski definition) is 5. The van der Waals surface area contributed by atoms with Crippen molar-refractivity contribution in [2.45, 2.75) is 17.7 Å². The molecule has 1 N–H and O–H groups in total. The SMILES string of the molecule is O=S(=O)(c1cccc(N2C=CC=C(c3ccnn3-c3ccccc3F)N2)c1)N1CCCC1. The lowest BCUT2D eigenvalue weighted by Crippen LogP contribution is -2.34. The van der Waals surface area contributed by atoms with Crippen LogP contribution in [0.25, 0.3) is 11.4 Å². The Hall–Kier alpha value is -3.43. The molecular weight excluding hydrogens is 429 g/mol. The summed E-state index contributed by atoms with van der Waals surface area (Å²) in [6.07, 6.45) is 8.88. The Morgan fingerprint density at radius 1 is 1.00 bits per heavy atom. The van der Waals surface area contributed by atoms with Gasteiger partial charge in [-0.3, -0.25) is 10.4 Å². The summed E-state index contributed by atoms with van der Waals surface area (Å²) in [5.74, 6) is -0.374. The van der Waals surface area contributed by atoms with Crippen molar-refractivity contribution in [2.24, 2.45) is 0 Å². The van der Waals surface area contributed by atoms with Crippen molar-refractivity contribution >= 4 is 21.4 Å². The standard InChI is InChI=1S/C23H22FN5O2S/c24-20-9-1-2-11-22(20)29-23(12-13-25-29)21-10-6-16-28(26-21)18-7-5-8-19(17-18)32(30,31)27-14-3-4-15-27/h1-2,5-13,16-17,26H,3-4,14-15H2. The van der Waals surface area contributed by atoms with Crippen LogP contribution in [-0.2, 0) is 10.0 Å². The topological polar surface area (TPSA) is 70.5 Å². The summed E-state index contributed by atoms with van der Waals surface area (Å²) in [6.45, 7) is 1.11. The van der Waals surface area contributed by atoms with Gasteiger partial charge in [-0.1, -0.05) is 18.2 Å². The van der Waals surface area contributed by atoms with Gasteiger partial charge in [0.25, 0.3) is 0 Å². The van der Waals surface area contributed by atoms with Crippen molar-refractivity contribution in [3.8, 4) is 5.69 Å². The molecule has 32 heavy (non-hydrogen) atoms. The molecule has 3 heterocycles. The van der Waals surface area contributed by atoms with Crippen molar-refractivity contribution < 1.29 is 12.8 Å². The number of benzene rings is 2. The van der Waals surface area contributed by atoms with Crippen LogP contribution in [0.5, 0.6) is 0 Å². The monoisotopic (exact) mass is 451 g/mol. The third-order valence-electron chi connectivity index (χ3n) is 5.54. The predicted octanol–water partition coefficient (Wildman–Crippen LogP) is 3.68. The number of hydrogen-bond donors (Lipinski definition) is 1. The van der Waals surface area contributed by atoms with Gasteiger partial charge in [0.05, 0.1) is 28.2 Å². The Labute approximate surface area is 186 Å². The summed E-state index contributed by atoms with van der Waals surface area (Å²) in [7, 11) is -3.52. The quantitative estimate of drug-likeness (QED) is 0.641. The average molecular weight is 452 g/mol. The molecule has 0 saturated carbocycles. The van der Waals surface area contributed by atoms with Gasteiger partial charge >= 0.3 is 0 Å². The first-order chi connectivity index (χ1) is 15.5. The van der Waals surface area contributed by atoms with E-state index in [2.05, 4.69) is 10.5 Å². The van der Waals surface area contributed by atoms with E-state index < -0.39 is 10.0 Å². The first kappa shape index (κ1) is 20.5. The van der Waals surface area contributed by atoms with Gasteiger partial charge in [-0.2, -0.15) is 9.40 Å². The van der Waals surface area contributed by atoms with Crippen LogP contribution >= 0.6 is 0 Å². The second-order valence-corrected chi connectivity index (χ2v) is 9.53. The summed E-state index contributed by atoms with van der Waals surface area (Å²) in [6, 6.07) is 15.1. The lowest BCUT2D eigenvalue weighted by Gasteiger charge is -2.27. The molecule has 0 spiro atoms. The molecule has 0 atom stereocenters. The van der Waals surface area contributed by atoms with Crippen molar-refractivity contribution in [1.29, 1.82) is 0 Å². The van der Waals surface area contributed by atoms with Crippen molar-refractivity contribution in [1.82, 2.24) is 19.5 Å². The Morgan fingerprint density at radius 2 is 1.81 bits per heavy atom. The number of sulfonamides is 1. The van der Waals surface area contributed by atoms with Gasteiger partial charge in [-0.05, 0) is 61.4 Å². The molecule has 1 saturated heterocycles. The van der Waals surface area contributed by atoms with E-state index in [1.807, 2.05) is 18.2 Å². The maximum absolute atomic E-state index is 14.3. The number of anilines is 1. The maximum Gasteiger partial charge on any atom is 0.243 e. The second-order valence-electron chi connectivity index (χ2n) is 7.59. The molecular formula is C23H22FN5O2S. The molecule has 0 bridgehead atoms. The molecule has 2 aliphatic rings. The molecule has 0 unspecified atom stereocenters. The molecule has 0 aliphatic carbocycles. The van der Waals surface area contributed by atoms with Crippen LogP contribution in [0, 0.1) is 5.82 Å². The molecule has 0 amide bonds. The van der Waals surface area contributed by atoms with Gasteiger partial charge in [-0.25, -0.2) is 17.5 Å². The number of allylic oxidation sites excluding steroid dienone is 2. The molecule has 7 nitrogen and oxygen atoms in total. The highest BCUT2D eigenvalue weighted by molar-refractivity contribution is 7.89. The Morgan fingerprint density at radius 3 is 2.62 bits per heavy atom. The van der Waals surface area contributed by atoms with E-state index in [0.29, 0.717) is 35.9 Å². The summed E-state index contributed by atoms with van der Waals surface area (Å²) in [5, 5.41) is 6.01. The van der Waals surface area contributed by atoms with E-state index in [1.54, 1.807) is 59.9 Å². The molecule has 2 aliphatic heterocycles. The third kappa shape index (κ3) is 3.69. The molecule has 0 radical (unpaired) electrons. The highest BCUT2D eigenvalue weighted by Crippen LogP contribution is 2.27. The zero-order valence-electron chi connectivity index (χ0n) is 17.2.